The van der Waals surface area contributed by atoms with Crippen molar-refractivity contribution in [3.8, 4) is 0 Å². The Balaban J connectivity index is 1.89. The third-order valence-electron chi connectivity index (χ3n) is 3.14. The molecular weight excluding hydrogens is 283 g/mol. The van der Waals surface area contributed by atoms with Crippen LogP contribution >= 0.6 is 23.2 Å². The third-order valence-corrected chi connectivity index (χ3v) is 3.66. The average Bonchev–Trinajstić information content (AvgIpc) is 2.84. The molecule has 0 saturated carbocycles. The van der Waals surface area contributed by atoms with Crippen LogP contribution in [0.25, 0.3) is 0 Å². The fraction of sp³-hybridized carbons (Fsp3) is 0.143. The Kier molecular flexibility index (Phi) is 3.17. The van der Waals surface area contributed by atoms with E-state index in [-0.39, 0.29) is 16.8 Å². The van der Waals surface area contributed by atoms with Gasteiger partial charge in [0, 0.05) is 13.1 Å². The van der Waals surface area contributed by atoms with Gasteiger partial charge in [0.1, 0.15) is 10.8 Å². The fourth-order valence-electron chi connectivity index (χ4n) is 2.19. The first kappa shape index (κ1) is 12.5. The highest BCUT2D eigenvalue weighted by molar-refractivity contribution is 6.34. The van der Waals surface area contributed by atoms with Crippen LogP contribution in [0.4, 0.5) is 0 Å². The van der Waals surface area contributed by atoms with E-state index in [0.29, 0.717) is 18.1 Å². The number of hydrogen-bond donors (Lipinski definition) is 0. The SMILES string of the molecule is O=C(c1nc(Cl)ccc1Cl)N1Cc2ccccc2C1. The van der Waals surface area contributed by atoms with Gasteiger partial charge in [0.05, 0.1) is 5.02 Å². The molecule has 0 atom stereocenters. The van der Waals surface area contributed by atoms with Crippen LogP contribution in [-0.4, -0.2) is 15.8 Å². The van der Waals surface area contributed by atoms with Crippen molar-refractivity contribution in [2.24, 2.45) is 0 Å². The molecule has 1 amide bonds. The largest absolute Gasteiger partial charge is 0.329 e. The molecule has 0 spiro atoms. The van der Waals surface area contributed by atoms with Gasteiger partial charge in [-0.05, 0) is 23.3 Å². The Hall–Kier alpha value is -1.58. The molecular formula is C14H10Cl2N2O. The number of hydrogen-bond acceptors (Lipinski definition) is 2. The van der Waals surface area contributed by atoms with E-state index in [1.807, 2.05) is 24.3 Å². The predicted octanol–water partition coefficient (Wildman–Crippen LogP) is 3.54. The number of amides is 1. The Labute approximate surface area is 120 Å². The van der Waals surface area contributed by atoms with Crippen LogP contribution in [0.15, 0.2) is 36.4 Å². The van der Waals surface area contributed by atoms with Crippen molar-refractivity contribution in [2.45, 2.75) is 13.1 Å². The van der Waals surface area contributed by atoms with E-state index >= 15 is 0 Å². The highest BCUT2D eigenvalue weighted by Crippen LogP contribution is 2.26. The van der Waals surface area contributed by atoms with Crippen molar-refractivity contribution in [3.63, 3.8) is 0 Å². The number of carbonyl (C=O) groups is 1. The van der Waals surface area contributed by atoms with Gasteiger partial charge in [-0.1, -0.05) is 47.5 Å². The quantitative estimate of drug-likeness (QED) is 0.753. The first-order chi connectivity index (χ1) is 9.15. The van der Waals surface area contributed by atoms with Crippen LogP contribution in [0.3, 0.4) is 0 Å². The smallest absolute Gasteiger partial charge is 0.274 e. The van der Waals surface area contributed by atoms with E-state index in [9.17, 15) is 4.79 Å². The number of fused-ring (bicyclic) bond motifs is 1. The Morgan fingerprint density at radius 1 is 1.05 bits per heavy atom. The minimum Gasteiger partial charge on any atom is -0.329 e. The molecule has 96 valence electrons. The summed E-state index contributed by atoms with van der Waals surface area (Å²) < 4.78 is 0. The Morgan fingerprint density at radius 2 is 1.68 bits per heavy atom. The molecule has 0 aliphatic carbocycles. The van der Waals surface area contributed by atoms with E-state index in [1.165, 1.54) is 0 Å². The lowest BCUT2D eigenvalue weighted by Crippen LogP contribution is -2.26. The van der Waals surface area contributed by atoms with E-state index < -0.39 is 0 Å². The summed E-state index contributed by atoms with van der Waals surface area (Å²) in [5, 5.41) is 0.592. The molecule has 1 aliphatic rings. The van der Waals surface area contributed by atoms with Crippen molar-refractivity contribution in [2.75, 3.05) is 0 Å². The van der Waals surface area contributed by atoms with Gasteiger partial charge in [-0.3, -0.25) is 4.79 Å². The van der Waals surface area contributed by atoms with E-state index in [1.54, 1.807) is 17.0 Å². The van der Waals surface area contributed by atoms with Crippen LogP contribution in [0.2, 0.25) is 10.2 Å². The van der Waals surface area contributed by atoms with Gasteiger partial charge in [0.15, 0.2) is 0 Å². The van der Waals surface area contributed by atoms with Gasteiger partial charge >= 0.3 is 0 Å². The standard InChI is InChI=1S/C14H10Cl2N2O/c15-11-5-6-12(16)17-13(11)14(19)18-7-9-3-1-2-4-10(9)8-18/h1-6H,7-8H2. The molecule has 0 N–H and O–H groups in total. The van der Waals surface area contributed by atoms with Crippen LogP contribution in [-0.2, 0) is 13.1 Å². The second-order valence-electron chi connectivity index (χ2n) is 4.39. The summed E-state index contributed by atoms with van der Waals surface area (Å²) in [6.45, 7) is 1.17. The molecule has 1 aromatic heterocycles. The highest BCUT2D eigenvalue weighted by Gasteiger charge is 2.26. The molecule has 3 rings (SSSR count). The zero-order valence-corrected chi connectivity index (χ0v) is 11.4. The van der Waals surface area contributed by atoms with Gasteiger partial charge < -0.3 is 4.90 Å². The first-order valence-corrected chi connectivity index (χ1v) is 6.59. The monoisotopic (exact) mass is 292 g/mol. The van der Waals surface area contributed by atoms with Crippen LogP contribution in [0.5, 0.6) is 0 Å². The molecule has 2 aromatic rings. The lowest BCUT2D eigenvalue weighted by Gasteiger charge is -2.15. The van der Waals surface area contributed by atoms with Crippen molar-refractivity contribution < 1.29 is 4.79 Å². The summed E-state index contributed by atoms with van der Waals surface area (Å²) in [4.78, 5) is 18.1. The third kappa shape index (κ3) is 2.31. The van der Waals surface area contributed by atoms with Crippen molar-refractivity contribution in [3.05, 3.63) is 63.4 Å². The molecule has 19 heavy (non-hydrogen) atoms. The maximum absolute atomic E-state index is 12.4. The summed E-state index contributed by atoms with van der Waals surface area (Å²) in [6.07, 6.45) is 0. The van der Waals surface area contributed by atoms with Gasteiger partial charge in [-0.15, -0.1) is 0 Å². The maximum Gasteiger partial charge on any atom is 0.274 e. The molecule has 1 aromatic carbocycles. The fourth-order valence-corrected chi connectivity index (χ4v) is 2.53. The van der Waals surface area contributed by atoms with Gasteiger partial charge in [0.25, 0.3) is 5.91 Å². The first-order valence-electron chi connectivity index (χ1n) is 5.83. The number of halogens is 2. The van der Waals surface area contributed by atoms with E-state index in [4.69, 9.17) is 23.2 Å². The second kappa shape index (κ2) is 4.83. The zero-order chi connectivity index (χ0) is 13.4. The molecule has 0 bridgehead atoms. The lowest BCUT2D eigenvalue weighted by molar-refractivity contribution is 0.0745. The number of carbonyl (C=O) groups excluding carboxylic acids is 1. The molecule has 3 nitrogen and oxygen atoms in total. The summed E-state index contributed by atoms with van der Waals surface area (Å²) >= 11 is 11.8. The predicted molar refractivity (Wildman–Crippen MR) is 74.3 cm³/mol. The molecule has 5 heteroatoms. The molecule has 2 heterocycles. The summed E-state index contributed by atoms with van der Waals surface area (Å²) in [7, 11) is 0. The minimum absolute atomic E-state index is 0.191. The second-order valence-corrected chi connectivity index (χ2v) is 5.19. The van der Waals surface area contributed by atoms with E-state index in [2.05, 4.69) is 4.98 Å². The Morgan fingerprint density at radius 3 is 2.32 bits per heavy atom. The normalized spacial score (nSPS) is 13.5. The summed E-state index contributed by atoms with van der Waals surface area (Å²) in [5.74, 6) is -0.191. The molecule has 1 aliphatic heterocycles. The number of rotatable bonds is 1. The highest BCUT2D eigenvalue weighted by atomic mass is 35.5. The Bertz CT molecular complexity index is 633. The van der Waals surface area contributed by atoms with Gasteiger partial charge in [-0.25, -0.2) is 4.98 Å². The number of pyridine rings is 1. The number of benzene rings is 1. The number of nitrogens with zero attached hydrogens (tertiary/aromatic N) is 2. The number of aromatic nitrogens is 1. The van der Waals surface area contributed by atoms with Gasteiger partial charge in [-0.2, -0.15) is 0 Å². The minimum atomic E-state index is -0.191. The average molecular weight is 293 g/mol. The summed E-state index contributed by atoms with van der Waals surface area (Å²) in [5.41, 5.74) is 2.53. The summed E-state index contributed by atoms with van der Waals surface area (Å²) in [6, 6.07) is 11.1. The van der Waals surface area contributed by atoms with Crippen molar-refractivity contribution >= 4 is 29.1 Å². The van der Waals surface area contributed by atoms with Crippen LogP contribution < -0.4 is 0 Å². The zero-order valence-electron chi connectivity index (χ0n) is 9.94. The molecule has 0 fully saturated rings. The molecule has 0 saturated heterocycles. The van der Waals surface area contributed by atoms with Gasteiger partial charge in [0.2, 0.25) is 0 Å². The lowest BCUT2D eigenvalue weighted by atomic mass is 10.1. The topological polar surface area (TPSA) is 33.2 Å². The van der Waals surface area contributed by atoms with E-state index in [0.717, 1.165) is 11.1 Å². The van der Waals surface area contributed by atoms with Crippen molar-refractivity contribution in [1.29, 1.82) is 0 Å². The van der Waals surface area contributed by atoms with Crippen molar-refractivity contribution in [1.82, 2.24) is 9.88 Å². The maximum atomic E-state index is 12.4. The molecule has 0 unspecified atom stereocenters. The van der Waals surface area contributed by atoms with Crippen LogP contribution in [0.1, 0.15) is 21.6 Å². The molecule has 0 radical (unpaired) electrons. The van der Waals surface area contributed by atoms with Crippen LogP contribution in [0, 0.1) is 0 Å².